The molecule has 0 radical (unpaired) electrons. The van der Waals surface area contributed by atoms with Crippen molar-refractivity contribution in [2.45, 2.75) is 141 Å². The van der Waals surface area contributed by atoms with Crippen LogP contribution in [0.3, 0.4) is 0 Å². The number of hydrogen-bond acceptors (Lipinski definition) is 11. The van der Waals surface area contributed by atoms with Gasteiger partial charge in [-0.2, -0.15) is 0 Å². The molecule has 1 aromatic carbocycles. The van der Waals surface area contributed by atoms with Crippen molar-refractivity contribution in [1.29, 1.82) is 0 Å². The average molecular weight is 784 g/mol. The van der Waals surface area contributed by atoms with Gasteiger partial charge in [-0.3, -0.25) is 4.79 Å². The highest BCUT2D eigenvalue weighted by molar-refractivity contribution is 5.74. The van der Waals surface area contributed by atoms with Gasteiger partial charge in [0.25, 0.3) is 0 Å². The molecule has 2 bridgehead atoms. The molecule has 4 fully saturated rings. The molecule has 4 aliphatic rings. The lowest BCUT2D eigenvalue weighted by Gasteiger charge is -2.49. The maximum absolute atomic E-state index is 14.3. The second kappa shape index (κ2) is 18.8. The van der Waals surface area contributed by atoms with E-state index in [0.717, 1.165) is 24.1 Å². The number of rotatable bonds is 9. The number of hydrogen-bond donors (Lipinski definition) is 3. The summed E-state index contributed by atoms with van der Waals surface area (Å²) >= 11 is 0. The number of amides is 1. The van der Waals surface area contributed by atoms with Crippen molar-refractivity contribution in [3.63, 3.8) is 0 Å². The average Bonchev–Trinajstić information content (AvgIpc) is 3.48. The molecule has 314 valence electrons. The van der Waals surface area contributed by atoms with Gasteiger partial charge in [-0.15, -0.1) is 0 Å². The highest BCUT2D eigenvalue weighted by atomic mass is 16.7. The summed E-state index contributed by atoms with van der Waals surface area (Å²) in [6.45, 7) is 22.0. The number of carbonyl (C=O) groups is 2. The monoisotopic (exact) mass is 784 g/mol. The van der Waals surface area contributed by atoms with Crippen LogP contribution in [-0.2, 0) is 39.6 Å². The molecule has 0 aliphatic carbocycles. The van der Waals surface area contributed by atoms with Gasteiger partial charge in [-0.25, -0.2) is 4.79 Å². The van der Waals surface area contributed by atoms with Crippen molar-refractivity contribution in [2.24, 2.45) is 23.7 Å². The highest BCUT2D eigenvalue weighted by Crippen LogP contribution is 2.44. The Kier molecular flexibility index (Phi) is 14.9. The van der Waals surface area contributed by atoms with Crippen molar-refractivity contribution in [2.75, 3.05) is 40.4 Å². The molecule has 0 aromatic heterocycles. The number of aliphatic hydroxyl groups is 1. The zero-order valence-corrected chi connectivity index (χ0v) is 35.4. The van der Waals surface area contributed by atoms with Crippen LogP contribution in [0.5, 0.6) is 0 Å². The largest absolute Gasteiger partial charge is 0.458 e. The molecule has 5 rings (SSSR count). The molecule has 4 aliphatic heterocycles. The molecule has 12 nitrogen and oxygen atoms in total. The molecule has 3 N–H and O–H groups in total. The predicted octanol–water partition coefficient (Wildman–Crippen LogP) is 5.42. The van der Waals surface area contributed by atoms with Crippen molar-refractivity contribution >= 4 is 12.1 Å². The molecular formula is C44H69N3O9. The van der Waals surface area contributed by atoms with E-state index in [9.17, 15) is 14.7 Å². The smallest absolute Gasteiger partial charge is 0.408 e. The summed E-state index contributed by atoms with van der Waals surface area (Å²) in [5.41, 5.74) is 0.968. The first-order chi connectivity index (χ1) is 26.5. The summed E-state index contributed by atoms with van der Waals surface area (Å²) in [7, 11) is 3.90. The maximum atomic E-state index is 14.3. The Morgan fingerprint density at radius 1 is 1.07 bits per heavy atom. The quantitative estimate of drug-likeness (QED) is 0.168. The summed E-state index contributed by atoms with van der Waals surface area (Å²) in [5, 5.41) is 18.4. The molecule has 4 saturated heterocycles. The SMILES string of the molecule is C=C1COC2[C@@H](C)C(=O)O[C@H](CC)[C@@]3(C)OC(=O)NC3[C@@H](C)/C(=C/CNCCc3ccccc3)[C@H](C)C[C@@](C)(OC1)[C@H](OC1O[C@H](C)C[C@H](N(C)C)[C@H]1O)[C@H]2C. The van der Waals surface area contributed by atoms with Crippen LogP contribution in [0.2, 0.25) is 0 Å². The molecule has 1 amide bonds. The number of likely N-dealkylation sites (N-methyl/N-ethyl adjacent to an activating group) is 1. The van der Waals surface area contributed by atoms with Gasteiger partial charge in [0.15, 0.2) is 11.9 Å². The van der Waals surface area contributed by atoms with Gasteiger partial charge in [0.2, 0.25) is 0 Å². The number of cyclic esters (lactones) is 1. The molecule has 14 atom stereocenters. The Labute approximate surface area is 335 Å². The Balaban J connectivity index is 1.59. The lowest BCUT2D eigenvalue weighted by atomic mass is 9.71. The number of carbonyl (C=O) groups excluding carboxylic acids is 2. The van der Waals surface area contributed by atoms with Crippen molar-refractivity contribution in [1.82, 2.24) is 15.5 Å². The first-order valence-electron chi connectivity index (χ1n) is 20.7. The van der Waals surface area contributed by atoms with Gasteiger partial charge in [-0.05, 0) is 91.1 Å². The molecular weight excluding hydrogens is 714 g/mol. The molecule has 3 unspecified atom stereocenters. The first-order valence-corrected chi connectivity index (χ1v) is 20.7. The van der Waals surface area contributed by atoms with E-state index in [2.05, 4.69) is 68.3 Å². The second-order valence-electron chi connectivity index (χ2n) is 17.5. The van der Waals surface area contributed by atoms with Gasteiger partial charge in [-0.1, -0.05) is 76.3 Å². The molecule has 4 heterocycles. The number of ether oxygens (including phenoxy) is 6. The maximum Gasteiger partial charge on any atom is 0.408 e. The van der Waals surface area contributed by atoms with Crippen LogP contribution >= 0.6 is 0 Å². The van der Waals surface area contributed by atoms with Crippen molar-refractivity contribution in [3.8, 4) is 0 Å². The third-order valence-corrected chi connectivity index (χ3v) is 12.8. The second-order valence-corrected chi connectivity index (χ2v) is 17.5. The summed E-state index contributed by atoms with van der Waals surface area (Å²) < 4.78 is 39.3. The number of alkyl carbamates (subject to hydrolysis) is 1. The Morgan fingerprint density at radius 3 is 2.46 bits per heavy atom. The summed E-state index contributed by atoms with van der Waals surface area (Å²) in [4.78, 5) is 29.5. The highest BCUT2D eigenvalue weighted by Gasteiger charge is 2.57. The zero-order chi connectivity index (χ0) is 40.9. The van der Waals surface area contributed by atoms with Crippen molar-refractivity contribution < 1.29 is 43.1 Å². The molecule has 1 aromatic rings. The summed E-state index contributed by atoms with van der Waals surface area (Å²) in [6, 6.07) is 9.70. The minimum atomic E-state index is -1.14. The summed E-state index contributed by atoms with van der Waals surface area (Å²) in [5.74, 6) is -1.96. The Bertz CT molecular complexity index is 1520. The number of esters is 1. The van der Waals surface area contributed by atoms with E-state index in [4.69, 9.17) is 28.4 Å². The molecule has 0 spiro atoms. The van der Waals surface area contributed by atoms with E-state index >= 15 is 0 Å². The zero-order valence-electron chi connectivity index (χ0n) is 35.4. The van der Waals surface area contributed by atoms with E-state index in [1.54, 1.807) is 0 Å². The van der Waals surface area contributed by atoms with Gasteiger partial charge < -0.3 is 49.1 Å². The van der Waals surface area contributed by atoms with Gasteiger partial charge in [0.05, 0.1) is 49.1 Å². The fourth-order valence-electron chi connectivity index (χ4n) is 9.69. The van der Waals surface area contributed by atoms with E-state index in [1.807, 2.05) is 59.7 Å². The number of fused-ring (bicyclic) bond motifs is 4. The van der Waals surface area contributed by atoms with Crippen LogP contribution in [0.15, 0.2) is 54.1 Å². The van der Waals surface area contributed by atoms with Crippen molar-refractivity contribution in [3.05, 3.63) is 59.7 Å². The molecule has 0 saturated carbocycles. The third kappa shape index (κ3) is 9.88. The van der Waals surface area contributed by atoms with E-state index in [-0.39, 0.29) is 37.2 Å². The minimum absolute atomic E-state index is 0.0898. The van der Waals surface area contributed by atoms with E-state index < -0.39 is 71.8 Å². The first kappa shape index (κ1) is 44.3. The third-order valence-electron chi connectivity index (χ3n) is 12.8. The molecule has 12 heteroatoms. The van der Waals surface area contributed by atoms with E-state index in [0.29, 0.717) is 25.8 Å². The number of benzene rings is 1. The van der Waals surface area contributed by atoms with Crippen LogP contribution in [-0.4, -0.2) is 123 Å². The van der Waals surface area contributed by atoms with Gasteiger partial charge in [0, 0.05) is 24.4 Å². The topological polar surface area (TPSA) is 137 Å². The van der Waals surface area contributed by atoms with Crippen LogP contribution < -0.4 is 10.6 Å². The normalized spacial score (nSPS) is 40.9. The predicted molar refractivity (Wildman–Crippen MR) is 215 cm³/mol. The standard InChI is InChI=1S/C44H69N3O9/c1-12-35-44(9)38(46-42(50)56-44)29(5)33(19-21-45-20-18-32-16-14-13-15-17-32)27(3)23-43(8)39(55-41-36(48)34(47(10)11)22-28(4)53-41)30(6)37(31(7)40(49)54-35)51-24-26(2)25-52-43/h13-17,19,27-31,34-39,41,45,48H,2,12,18,20-25H2,1,3-11H3,(H,46,50)/b33-19+/t27-,28-,29+,30+,31-,34+,35-,36-,37?,38?,39-,41?,43-,44-/m1/s1. The fourth-order valence-corrected chi connectivity index (χ4v) is 9.69. The summed E-state index contributed by atoms with van der Waals surface area (Å²) in [6.07, 6.45) is -0.00167. The van der Waals surface area contributed by atoms with Gasteiger partial charge >= 0.3 is 12.1 Å². The lowest BCUT2D eigenvalue weighted by Crippen LogP contribution is -2.60. The van der Waals surface area contributed by atoms with Crippen LogP contribution in [0.4, 0.5) is 4.79 Å². The molecule has 56 heavy (non-hydrogen) atoms. The van der Waals surface area contributed by atoms with E-state index in [1.165, 1.54) is 5.56 Å². The number of aliphatic hydroxyl groups excluding tert-OH is 1. The minimum Gasteiger partial charge on any atom is -0.458 e. The van der Waals surface area contributed by atoms with Crippen LogP contribution in [0.1, 0.15) is 80.2 Å². The van der Waals surface area contributed by atoms with Gasteiger partial charge in [0.1, 0.15) is 12.2 Å². The fraction of sp³-hybridized carbons (Fsp3) is 0.727. The van der Waals surface area contributed by atoms with Crippen LogP contribution in [0.25, 0.3) is 0 Å². The number of nitrogens with zero attached hydrogens (tertiary/aromatic N) is 1. The van der Waals surface area contributed by atoms with Crippen LogP contribution in [0, 0.1) is 23.7 Å². The lowest BCUT2D eigenvalue weighted by molar-refractivity contribution is -0.302. The Hall–Kier alpha value is -2.84. The number of nitrogens with one attached hydrogen (secondary N) is 2. The Morgan fingerprint density at radius 2 is 1.79 bits per heavy atom.